The molecule has 4 aromatic rings. The summed E-state index contributed by atoms with van der Waals surface area (Å²) in [4.78, 5) is 5.64. The van der Waals surface area contributed by atoms with Gasteiger partial charge in [-0.25, -0.2) is 4.98 Å². The van der Waals surface area contributed by atoms with Gasteiger partial charge in [0, 0.05) is 21.8 Å². The Kier molecular flexibility index (Phi) is 2.74. The van der Waals surface area contributed by atoms with Crippen LogP contribution in [0.4, 0.5) is 0 Å². The summed E-state index contributed by atoms with van der Waals surface area (Å²) in [7, 11) is 0. The summed E-state index contributed by atoms with van der Waals surface area (Å²) in [6, 6.07) is 13.6. The Hall–Kier alpha value is -1.55. The average molecular weight is 319 g/mol. The van der Waals surface area contributed by atoms with Crippen molar-refractivity contribution in [2.24, 2.45) is 0 Å². The van der Waals surface area contributed by atoms with E-state index < -0.39 is 0 Å². The van der Waals surface area contributed by atoms with Gasteiger partial charge >= 0.3 is 0 Å². The molecule has 5 heteroatoms. The molecule has 0 radical (unpaired) electrons. The van der Waals surface area contributed by atoms with Crippen molar-refractivity contribution < 1.29 is 0 Å². The summed E-state index contributed by atoms with van der Waals surface area (Å²) >= 11 is 13.6. The van der Waals surface area contributed by atoms with Crippen molar-refractivity contribution in [3.05, 3.63) is 58.7 Å². The second-order valence-corrected chi connectivity index (χ2v) is 6.38. The molecule has 2 heterocycles. The third-order valence-electron chi connectivity index (χ3n) is 3.20. The summed E-state index contributed by atoms with van der Waals surface area (Å²) < 4.78 is 3.24. The molecule has 20 heavy (non-hydrogen) atoms. The lowest BCUT2D eigenvalue weighted by atomic mass is 10.2. The first-order chi connectivity index (χ1) is 9.70. The molecule has 0 aliphatic heterocycles. The largest absolute Gasteiger partial charge is 0.290 e. The highest BCUT2D eigenvalue weighted by atomic mass is 35.5. The van der Waals surface area contributed by atoms with Gasteiger partial charge in [0.2, 0.25) is 0 Å². The molecule has 2 nitrogen and oxygen atoms in total. The maximum atomic E-state index is 6.02. The third kappa shape index (κ3) is 1.90. The van der Waals surface area contributed by atoms with Crippen molar-refractivity contribution in [1.29, 1.82) is 0 Å². The second kappa shape index (κ2) is 4.48. The van der Waals surface area contributed by atoms with Gasteiger partial charge in [0.1, 0.15) is 0 Å². The lowest BCUT2D eigenvalue weighted by molar-refractivity contribution is 1.30. The minimum absolute atomic E-state index is 0.731. The smallest absolute Gasteiger partial charge is 0.195 e. The van der Waals surface area contributed by atoms with E-state index in [9.17, 15) is 0 Å². The molecular formula is C15H8Cl2N2S. The van der Waals surface area contributed by atoms with Crippen LogP contribution in [0.25, 0.3) is 26.4 Å². The monoisotopic (exact) mass is 318 g/mol. The molecule has 0 bridgehead atoms. The van der Waals surface area contributed by atoms with Crippen LogP contribution >= 0.6 is 34.5 Å². The molecule has 0 spiro atoms. The fourth-order valence-electron chi connectivity index (χ4n) is 2.23. The number of nitrogens with zero attached hydrogens (tertiary/aromatic N) is 2. The van der Waals surface area contributed by atoms with Crippen molar-refractivity contribution in [2.75, 3.05) is 0 Å². The van der Waals surface area contributed by atoms with Gasteiger partial charge < -0.3 is 0 Å². The van der Waals surface area contributed by atoms with Crippen LogP contribution in [0.2, 0.25) is 10.0 Å². The van der Waals surface area contributed by atoms with Crippen LogP contribution in [-0.4, -0.2) is 9.38 Å². The Morgan fingerprint density at radius 1 is 0.950 bits per heavy atom. The number of hydrogen-bond donors (Lipinski definition) is 0. The number of hydrogen-bond acceptors (Lipinski definition) is 2. The van der Waals surface area contributed by atoms with Crippen molar-refractivity contribution in [2.45, 2.75) is 0 Å². The Labute approximate surface area is 129 Å². The molecule has 2 aromatic heterocycles. The Morgan fingerprint density at radius 2 is 1.70 bits per heavy atom. The minimum Gasteiger partial charge on any atom is -0.290 e. The lowest BCUT2D eigenvalue weighted by Crippen LogP contribution is -1.77. The molecule has 0 saturated carbocycles. The summed E-state index contributed by atoms with van der Waals surface area (Å²) in [5.74, 6) is 0. The Balaban J connectivity index is 1.93. The molecule has 0 unspecified atom stereocenters. The number of thiazole rings is 1. The van der Waals surface area contributed by atoms with Crippen LogP contribution in [0.3, 0.4) is 0 Å². The van der Waals surface area contributed by atoms with Crippen LogP contribution in [0.1, 0.15) is 0 Å². The van der Waals surface area contributed by atoms with Crippen LogP contribution in [-0.2, 0) is 0 Å². The maximum absolute atomic E-state index is 6.02. The van der Waals surface area contributed by atoms with Crippen LogP contribution in [0.15, 0.2) is 48.7 Å². The second-order valence-electron chi connectivity index (χ2n) is 4.50. The number of halogens is 2. The topological polar surface area (TPSA) is 17.3 Å². The summed E-state index contributed by atoms with van der Waals surface area (Å²) in [5, 5.41) is 1.48. The normalized spacial score (nSPS) is 11.5. The van der Waals surface area contributed by atoms with Crippen molar-refractivity contribution in [3.8, 4) is 11.3 Å². The van der Waals surface area contributed by atoms with Gasteiger partial charge in [-0.3, -0.25) is 4.40 Å². The fourth-order valence-corrected chi connectivity index (χ4v) is 3.64. The molecule has 0 saturated heterocycles. The van der Waals surface area contributed by atoms with Crippen molar-refractivity contribution in [1.82, 2.24) is 9.38 Å². The maximum Gasteiger partial charge on any atom is 0.195 e. The van der Waals surface area contributed by atoms with Crippen LogP contribution < -0.4 is 0 Å². The molecule has 0 aliphatic rings. The zero-order valence-corrected chi connectivity index (χ0v) is 12.5. The van der Waals surface area contributed by atoms with Crippen molar-refractivity contribution in [3.63, 3.8) is 0 Å². The van der Waals surface area contributed by atoms with E-state index in [0.29, 0.717) is 0 Å². The van der Waals surface area contributed by atoms with Crippen LogP contribution in [0, 0.1) is 0 Å². The van der Waals surface area contributed by atoms with Gasteiger partial charge in [-0.05, 0) is 30.3 Å². The van der Waals surface area contributed by atoms with Gasteiger partial charge in [-0.1, -0.05) is 46.7 Å². The summed E-state index contributed by atoms with van der Waals surface area (Å²) in [6.45, 7) is 0. The van der Waals surface area contributed by atoms with Crippen molar-refractivity contribution >= 4 is 49.7 Å². The minimum atomic E-state index is 0.731. The molecule has 0 fully saturated rings. The van der Waals surface area contributed by atoms with Gasteiger partial charge in [0.15, 0.2) is 4.96 Å². The first kappa shape index (κ1) is 12.2. The van der Waals surface area contributed by atoms with Gasteiger partial charge in [0.05, 0.1) is 15.9 Å². The highest BCUT2D eigenvalue weighted by molar-refractivity contribution is 7.23. The molecule has 0 atom stereocenters. The molecular weight excluding hydrogens is 311 g/mol. The average Bonchev–Trinajstić information content (AvgIpc) is 2.96. The summed E-state index contributed by atoms with van der Waals surface area (Å²) in [6.07, 6.45) is 2.05. The predicted molar refractivity (Wildman–Crippen MR) is 86.0 cm³/mol. The Bertz CT molecular complexity index is 922. The molecule has 0 amide bonds. The highest BCUT2D eigenvalue weighted by Gasteiger charge is 2.10. The molecule has 2 aromatic carbocycles. The Morgan fingerprint density at radius 3 is 2.50 bits per heavy atom. The molecule has 4 rings (SSSR count). The zero-order valence-electron chi connectivity index (χ0n) is 10.2. The fraction of sp³-hybridized carbons (Fsp3) is 0. The summed E-state index contributed by atoms with van der Waals surface area (Å²) in [5.41, 5.74) is 3.14. The van der Waals surface area contributed by atoms with Gasteiger partial charge in [0.25, 0.3) is 0 Å². The van der Waals surface area contributed by atoms with E-state index in [1.54, 1.807) is 11.3 Å². The number of aromatic nitrogens is 2. The number of rotatable bonds is 1. The van der Waals surface area contributed by atoms with E-state index in [2.05, 4.69) is 9.38 Å². The van der Waals surface area contributed by atoms with Gasteiger partial charge in [-0.15, -0.1) is 0 Å². The zero-order chi connectivity index (χ0) is 13.7. The SMILES string of the molecule is Clc1ccc(-c2cn3c(n2)sc2cc(Cl)ccc23)cc1. The van der Waals surface area contributed by atoms with E-state index in [4.69, 9.17) is 23.2 Å². The van der Waals surface area contributed by atoms with Crippen LogP contribution in [0.5, 0.6) is 0 Å². The van der Waals surface area contributed by atoms with Gasteiger partial charge in [-0.2, -0.15) is 0 Å². The van der Waals surface area contributed by atoms with E-state index in [1.165, 1.54) is 0 Å². The first-order valence-electron chi connectivity index (χ1n) is 6.04. The van der Waals surface area contributed by atoms with E-state index >= 15 is 0 Å². The van der Waals surface area contributed by atoms with E-state index in [1.807, 2.05) is 48.7 Å². The van der Waals surface area contributed by atoms with E-state index in [-0.39, 0.29) is 0 Å². The molecule has 98 valence electrons. The molecule has 0 N–H and O–H groups in total. The quantitative estimate of drug-likeness (QED) is 0.451. The first-order valence-corrected chi connectivity index (χ1v) is 7.61. The number of imidazole rings is 1. The number of fused-ring (bicyclic) bond motifs is 3. The predicted octanol–water partition coefficient (Wildman–Crippen LogP) is 5.52. The third-order valence-corrected chi connectivity index (χ3v) is 4.70. The standard InChI is InChI=1S/C15H8Cl2N2S/c16-10-3-1-9(2-4-10)12-8-19-13-6-5-11(17)7-14(13)20-15(19)18-12/h1-8H. The lowest BCUT2D eigenvalue weighted by Gasteiger charge is -1.96. The molecule has 0 aliphatic carbocycles. The van der Waals surface area contributed by atoms with E-state index in [0.717, 1.165) is 36.5 Å². The number of benzene rings is 2. The highest BCUT2D eigenvalue weighted by Crippen LogP contribution is 2.31.